The molecule has 4 heteroatoms. The summed E-state index contributed by atoms with van der Waals surface area (Å²) < 4.78 is 5.46. The van der Waals surface area contributed by atoms with Gasteiger partial charge in [0.1, 0.15) is 5.75 Å². The Labute approximate surface area is 124 Å². The van der Waals surface area contributed by atoms with Crippen LogP contribution in [0, 0.1) is 11.8 Å². The van der Waals surface area contributed by atoms with E-state index < -0.39 is 0 Å². The first-order valence-electron chi connectivity index (χ1n) is 7.38. The third-order valence-electron chi connectivity index (χ3n) is 4.49. The van der Waals surface area contributed by atoms with Gasteiger partial charge in [-0.15, -0.1) is 11.6 Å². The minimum absolute atomic E-state index is 0.0138. The van der Waals surface area contributed by atoms with E-state index in [1.165, 1.54) is 19.3 Å². The highest BCUT2D eigenvalue weighted by Crippen LogP contribution is 2.32. The Balaban J connectivity index is 1.59. The molecule has 3 rings (SSSR count). The maximum atomic E-state index is 12.2. The highest BCUT2D eigenvalue weighted by molar-refractivity contribution is 6.18. The van der Waals surface area contributed by atoms with Gasteiger partial charge in [-0.1, -0.05) is 6.42 Å². The minimum atomic E-state index is 0.0138. The lowest BCUT2D eigenvalue weighted by molar-refractivity contribution is 0.0944. The van der Waals surface area contributed by atoms with E-state index in [0.717, 1.165) is 36.4 Å². The maximum absolute atomic E-state index is 12.2. The zero-order chi connectivity index (χ0) is 13.9. The number of rotatable bonds is 4. The first kappa shape index (κ1) is 13.7. The molecule has 1 saturated carbocycles. The summed E-state index contributed by atoms with van der Waals surface area (Å²) in [7, 11) is 0. The number of benzene rings is 1. The molecule has 1 aliphatic carbocycles. The van der Waals surface area contributed by atoms with E-state index in [9.17, 15) is 4.79 Å². The Morgan fingerprint density at radius 1 is 1.35 bits per heavy atom. The van der Waals surface area contributed by atoms with E-state index >= 15 is 0 Å². The van der Waals surface area contributed by atoms with Gasteiger partial charge in [0, 0.05) is 24.4 Å². The molecule has 2 atom stereocenters. The molecule has 0 aromatic heterocycles. The van der Waals surface area contributed by atoms with Crippen molar-refractivity contribution in [3.05, 3.63) is 29.3 Å². The fraction of sp³-hybridized carbons (Fsp3) is 0.562. The summed E-state index contributed by atoms with van der Waals surface area (Å²) >= 11 is 5.97. The van der Waals surface area contributed by atoms with Crippen LogP contribution in [0.25, 0.3) is 0 Å². The lowest BCUT2D eigenvalue weighted by Crippen LogP contribution is -2.31. The van der Waals surface area contributed by atoms with Gasteiger partial charge in [0.2, 0.25) is 0 Å². The zero-order valence-corrected chi connectivity index (χ0v) is 12.3. The van der Waals surface area contributed by atoms with Gasteiger partial charge in [0.15, 0.2) is 0 Å². The van der Waals surface area contributed by atoms with Crippen LogP contribution in [0.4, 0.5) is 0 Å². The van der Waals surface area contributed by atoms with Gasteiger partial charge in [-0.25, -0.2) is 0 Å². The van der Waals surface area contributed by atoms with Gasteiger partial charge in [-0.05, 0) is 48.4 Å². The van der Waals surface area contributed by atoms with Crippen molar-refractivity contribution in [2.45, 2.75) is 25.7 Å². The number of nitrogens with one attached hydrogen (secondary N) is 1. The van der Waals surface area contributed by atoms with Crippen molar-refractivity contribution in [2.75, 3.05) is 19.0 Å². The summed E-state index contributed by atoms with van der Waals surface area (Å²) in [5, 5.41) is 3.06. The molecular weight excluding hydrogens is 274 g/mol. The van der Waals surface area contributed by atoms with E-state index in [0.29, 0.717) is 17.7 Å². The highest BCUT2D eigenvalue weighted by atomic mass is 35.5. The average molecular weight is 294 g/mol. The molecule has 1 heterocycles. The van der Waals surface area contributed by atoms with Crippen LogP contribution in [-0.4, -0.2) is 24.9 Å². The Bertz CT molecular complexity index is 503. The molecule has 0 radical (unpaired) electrons. The van der Waals surface area contributed by atoms with E-state index in [4.69, 9.17) is 16.3 Å². The molecule has 1 aromatic carbocycles. The summed E-state index contributed by atoms with van der Waals surface area (Å²) in [6, 6.07) is 5.69. The second kappa shape index (κ2) is 6.04. The summed E-state index contributed by atoms with van der Waals surface area (Å²) in [6.07, 6.45) is 4.50. The van der Waals surface area contributed by atoms with Crippen molar-refractivity contribution in [1.29, 1.82) is 0 Å². The number of halogens is 1. The molecule has 2 unspecified atom stereocenters. The van der Waals surface area contributed by atoms with E-state index in [1.807, 2.05) is 18.2 Å². The normalized spacial score (nSPS) is 24.2. The second-order valence-electron chi connectivity index (χ2n) is 5.74. The number of alkyl halides is 1. The van der Waals surface area contributed by atoms with Crippen molar-refractivity contribution in [2.24, 2.45) is 11.8 Å². The molecule has 3 nitrogen and oxygen atoms in total. The summed E-state index contributed by atoms with van der Waals surface area (Å²) in [4.78, 5) is 12.2. The number of ether oxygens (including phenoxy) is 1. The third-order valence-corrected chi connectivity index (χ3v) is 4.89. The van der Waals surface area contributed by atoms with Crippen LogP contribution in [0.3, 0.4) is 0 Å². The van der Waals surface area contributed by atoms with E-state index in [-0.39, 0.29) is 5.91 Å². The SMILES string of the molecule is O=C(NCC1CCCC1CCl)c1ccc2c(c1)CCO2. The fourth-order valence-corrected chi connectivity index (χ4v) is 3.65. The number of carbonyl (C=O) groups is 1. The van der Waals surface area contributed by atoms with Crippen LogP contribution in [0.1, 0.15) is 35.2 Å². The smallest absolute Gasteiger partial charge is 0.251 e. The lowest BCUT2D eigenvalue weighted by Gasteiger charge is -2.17. The largest absolute Gasteiger partial charge is 0.493 e. The van der Waals surface area contributed by atoms with E-state index in [2.05, 4.69) is 5.32 Å². The molecule has 0 spiro atoms. The number of amides is 1. The summed E-state index contributed by atoms with van der Waals surface area (Å²) in [6.45, 7) is 1.46. The van der Waals surface area contributed by atoms with Gasteiger partial charge in [-0.3, -0.25) is 4.79 Å². The van der Waals surface area contributed by atoms with Crippen molar-refractivity contribution >= 4 is 17.5 Å². The van der Waals surface area contributed by atoms with Crippen molar-refractivity contribution in [1.82, 2.24) is 5.32 Å². The molecule has 1 aliphatic heterocycles. The van der Waals surface area contributed by atoms with Crippen LogP contribution in [0.2, 0.25) is 0 Å². The number of carbonyl (C=O) groups excluding carboxylic acids is 1. The second-order valence-corrected chi connectivity index (χ2v) is 6.04. The van der Waals surface area contributed by atoms with Crippen LogP contribution in [0.5, 0.6) is 5.75 Å². The Morgan fingerprint density at radius 3 is 3.05 bits per heavy atom. The van der Waals surface area contributed by atoms with Crippen molar-refractivity contribution < 1.29 is 9.53 Å². The highest BCUT2D eigenvalue weighted by Gasteiger charge is 2.26. The maximum Gasteiger partial charge on any atom is 0.251 e. The van der Waals surface area contributed by atoms with Crippen molar-refractivity contribution in [3.8, 4) is 5.75 Å². The van der Waals surface area contributed by atoms with Crippen LogP contribution >= 0.6 is 11.6 Å². The van der Waals surface area contributed by atoms with Crippen molar-refractivity contribution in [3.63, 3.8) is 0 Å². The van der Waals surface area contributed by atoms with Gasteiger partial charge in [0.05, 0.1) is 6.61 Å². The molecule has 108 valence electrons. The first-order chi connectivity index (χ1) is 9.78. The number of fused-ring (bicyclic) bond motifs is 1. The number of hydrogen-bond donors (Lipinski definition) is 1. The summed E-state index contributed by atoms with van der Waals surface area (Å²) in [5.74, 6) is 2.73. The van der Waals surface area contributed by atoms with Crippen LogP contribution in [-0.2, 0) is 6.42 Å². The predicted molar refractivity (Wildman–Crippen MR) is 79.5 cm³/mol. The van der Waals surface area contributed by atoms with E-state index in [1.54, 1.807) is 0 Å². The van der Waals surface area contributed by atoms with Gasteiger partial charge < -0.3 is 10.1 Å². The molecule has 2 aliphatic rings. The molecule has 1 amide bonds. The molecule has 1 N–H and O–H groups in total. The molecule has 0 bridgehead atoms. The molecular formula is C16H20ClNO2. The molecule has 20 heavy (non-hydrogen) atoms. The zero-order valence-electron chi connectivity index (χ0n) is 11.5. The minimum Gasteiger partial charge on any atom is -0.493 e. The Hall–Kier alpha value is -1.22. The monoisotopic (exact) mass is 293 g/mol. The Kier molecular flexibility index (Phi) is 4.16. The third kappa shape index (κ3) is 2.78. The first-order valence-corrected chi connectivity index (χ1v) is 7.91. The number of hydrogen-bond acceptors (Lipinski definition) is 2. The lowest BCUT2D eigenvalue weighted by atomic mass is 9.98. The Morgan fingerprint density at radius 2 is 2.20 bits per heavy atom. The molecule has 1 aromatic rings. The summed E-state index contributed by atoms with van der Waals surface area (Å²) in [5.41, 5.74) is 1.87. The average Bonchev–Trinajstić information content (AvgIpc) is 3.12. The molecule has 0 saturated heterocycles. The quantitative estimate of drug-likeness (QED) is 0.867. The van der Waals surface area contributed by atoms with Gasteiger partial charge >= 0.3 is 0 Å². The molecule has 1 fully saturated rings. The predicted octanol–water partition coefficient (Wildman–Crippen LogP) is 3.01. The van der Waals surface area contributed by atoms with Crippen LogP contribution < -0.4 is 10.1 Å². The standard InChI is InChI=1S/C16H20ClNO2/c17-9-13-2-1-3-14(13)10-18-16(19)12-4-5-15-11(8-12)6-7-20-15/h4-5,8,13-14H,1-3,6-7,9-10H2,(H,18,19). The fourth-order valence-electron chi connectivity index (χ4n) is 3.24. The topological polar surface area (TPSA) is 38.3 Å². The van der Waals surface area contributed by atoms with Crippen LogP contribution in [0.15, 0.2) is 18.2 Å². The van der Waals surface area contributed by atoms with Gasteiger partial charge in [0.25, 0.3) is 5.91 Å². The van der Waals surface area contributed by atoms with Gasteiger partial charge in [-0.2, -0.15) is 0 Å².